The Hall–Kier alpha value is -2.52. The van der Waals surface area contributed by atoms with Gasteiger partial charge in [0, 0.05) is 56.8 Å². The largest absolute Gasteiger partial charge is 0.454 e. The number of piperazine rings is 1. The predicted octanol–water partition coefficient (Wildman–Crippen LogP) is 1.35. The van der Waals surface area contributed by atoms with Crippen LogP contribution in [0.5, 0.6) is 11.5 Å². The lowest BCUT2D eigenvalue weighted by atomic mass is 10.1. The van der Waals surface area contributed by atoms with Crippen molar-refractivity contribution in [3.8, 4) is 11.5 Å². The molecule has 1 amide bonds. The minimum Gasteiger partial charge on any atom is -0.454 e. The summed E-state index contributed by atoms with van der Waals surface area (Å²) in [6, 6.07) is 6.05. The van der Waals surface area contributed by atoms with Gasteiger partial charge in [0.2, 0.25) is 12.7 Å². The molecular weight excluding hydrogens is 404 g/mol. The number of aryl methyl sites for hydroxylation is 1. The standard InChI is InChI=1S/C21H24N4O4S/c1-14-9-22-21-25(19(14)26)11-16(12-30-21)20(27)24-6-4-23(5-7-24)10-15-2-3-17-18(8-15)29-13-28-17/h2-3,8-9,16H,4-7,10-13H2,1H3. The fourth-order valence-electron chi connectivity index (χ4n) is 4.13. The maximum Gasteiger partial charge on any atom is 0.257 e. The maximum absolute atomic E-state index is 13.1. The summed E-state index contributed by atoms with van der Waals surface area (Å²) in [5.41, 5.74) is 1.75. The molecule has 0 radical (unpaired) electrons. The van der Waals surface area contributed by atoms with E-state index in [9.17, 15) is 9.59 Å². The van der Waals surface area contributed by atoms with Gasteiger partial charge in [-0.3, -0.25) is 19.1 Å². The number of hydrogen-bond acceptors (Lipinski definition) is 7. The van der Waals surface area contributed by atoms with Gasteiger partial charge in [-0.25, -0.2) is 4.98 Å². The quantitative estimate of drug-likeness (QED) is 0.683. The Balaban J connectivity index is 1.18. The third kappa shape index (κ3) is 3.67. The van der Waals surface area contributed by atoms with Gasteiger partial charge in [0.25, 0.3) is 5.56 Å². The van der Waals surface area contributed by atoms with E-state index < -0.39 is 0 Å². The second-order valence-corrected chi connectivity index (χ2v) is 8.92. The van der Waals surface area contributed by atoms with E-state index in [1.165, 1.54) is 17.3 Å². The molecule has 1 saturated heterocycles. The monoisotopic (exact) mass is 428 g/mol. The van der Waals surface area contributed by atoms with E-state index >= 15 is 0 Å². The van der Waals surface area contributed by atoms with Crippen LogP contribution in [0.3, 0.4) is 0 Å². The molecule has 1 unspecified atom stereocenters. The average Bonchev–Trinajstić information content (AvgIpc) is 3.24. The molecule has 0 saturated carbocycles. The first-order valence-electron chi connectivity index (χ1n) is 10.2. The summed E-state index contributed by atoms with van der Waals surface area (Å²) in [4.78, 5) is 34.1. The van der Waals surface area contributed by atoms with Crippen LogP contribution >= 0.6 is 11.8 Å². The lowest BCUT2D eigenvalue weighted by Gasteiger charge is -2.37. The Kier molecular flexibility index (Phi) is 5.16. The van der Waals surface area contributed by atoms with Crippen molar-refractivity contribution in [3.63, 3.8) is 0 Å². The van der Waals surface area contributed by atoms with Crippen molar-refractivity contribution < 1.29 is 14.3 Å². The number of thioether (sulfide) groups is 1. The van der Waals surface area contributed by atoms with E-state index in [1.54, 1.807) is 17.7 Å². The van der Waals surface area contributed by atoms with Gasteiger partial charge in [-0.15, -0.1) is 0 Å². The summed E-state index contributed by atoms with van der Waals surface area (Å²) in [5.74, 6) is 2.24. The van der Waals surface area contributed by atoms with Crippen molar-refractivity contribution in [1.29, 1.82) is 0 Å². The van der Waals surface area contributed by atoms with Gasteiger partial charge in [-0.05, 0) is 24.6 Å². The van der Waals surface area contributed by atoms with Gasteiger partial charge >= 0.3 is 0 Å². The normalized spacial score (nSPS) is 20.8. The molecule has 0 aliphatic carbocycles. The fourth-order valence-corrected chi connectivity index (χ4v) is 5.17. The Bertz CT molecular complexity index is 1030. The second kappa shape index (κ2) is 7.96. The number of amides is 1. The highest BCUT2D eigenvalue weighted by Gasteiger charge is 2.32. The Morgan fingerprint density at radius 3 is 2.83 bits per heavy atom. The van der Waals surface area contributed by atoms with Gasteiger partial charge in [0.15, 0.2) is 16.7 Å². The number of ether oxygens (including phenoxy) is 2. The lowest BCUT2D eigenvalue weighted by molar-refractivity contribution is -0.137. The number of benzene rings is 1. The van der Waals surface area contributed by atoms with Crippen LogP contribution in [0.4, 0.5) is 0 Å². The van der Waals surface area contributed by atoms with Crippen molar-refractivity contribution in [2.75, 3.05) is 38.7 Å². The molecule has 3 aliphatic heterocycles. The summed E-state index contributed by atoms with van der Waals surface area (Å²) >= 11 is 1.50. The highest BCUT2D eigenvalue weighted by atomic mass is 32.2. The molecule has 1 aromatic carbocycles. The smallest absolute Gasteiger partial charge is 0.257 e. The number of carbonyl (C=O) groups excluding carboxylic acids is 1. The topological polar surface area (TPSA) is 76.9 Å². The van der Waals surface area contributed by atoms with Crippen LogP contribution in [-0.4, -0.2) is 64.0 Å². The number of nitrogens with zero attached hydrogens (tertiary/aromatic N) is 4. The molecule has 4 heterocycles. The van der Waals surface area contributed by atoms with Crippen LogP contribution in [0.1, 0.15) is 11.1 Å². The van der Waals surface area contributed by atoms with E-state index in [0.29, 0.717) is 36.1 Å². The Morgan fingerprint density at radius 1 is 1.20 bits per heavy atom. The molecule has 9 heteroatoms. The van der Waals surface area contributed by atoms with Crippen molar-refractivity contribution in [3.05, 3.63) is 45.9 Å². The molecule has 158 valence electrons. The van der Waals surface area contributed by atoms with Crippen molar-refractivity contribution in [2.24, 2.45) is 5.92 Å². The zero-order valence-corrected chi connectivity index (χ0v) is 17.7. The third-order valence-corrected chi connectivity index (χ3v) is 7.03. The molecular formula is C21H24N4O4S. The number of carbonyl (C=O) groups is 1. The molecule has 2 aromatic rings. The first-order valence-corrected chi connectivity index (χ1v) is 11.2. The van der Waals surface area contributed by atoms with E-state index in [4.69, 9.17) is 9.47 Å². The van der Waals surface area contributed by atoms with Crippen molar-refractivity contribution in [1.82, 2.24) is 19.4 Å². The molecule has 30 heavy (non-hydrogen) atoms. The summed E-state index contributed by atoms with van der Waals surface area (Å²) in [5, 5.41) is 0.711. The van der Waals surface area contributed by atoms with Crippen LogP contribution in [0.25, 0.3) is 0 Å². The summed E-state index contributed by atoms with van der Waals surface area (Å²) < 4.78 is 12.5. The van der Waals surface area contributed by atoms with E-state index in [1.807, 2.05) is 17.0 Å². The van der Waals surface area contributed by atoms with Gasteiger partial charge in [-0.2, -0.15) is 0 Å². The average molecular weight is 429 g/mol. The molecule has 0 bridgehead atoms. The first-order chi connectivity index (χ1) is 14.6. The highest BCUT2D eigenvalue weighted by molar-refractivity contribution is 7.99. The summed E-state index contributed by atoms with van der Waals surface area (Å²) in [7, 11) is 0. The number of rotatable bonds is 3. The summed E-state index contributed by atoms with van der Waals surface area (Å²) in [6.07, 6.45) is 1.61. The molecule has 5 rings (SSSR count). The van der Waals surface area contributed by atoms with Crippen LogP contribution in [-0.2, 0) is 17.9 Å². The van der Waals surface area contributed by atoms with Gasteiger partial charge < -0.3 is 14.4 Å². The van der Waals surface area contributed by atoms with E-state index in [0.717, 1.165) is 31.1 Å². The fraction of sp³-hybridized carbons (Fsp3) is 0.476. The lowest BCUT2D eigenvalue weighted by Crippen LogP contribution is -2.51. The van der Waals surface area contributed by atoms with Gasteiger partial charge in [0.05, 0.1) is 5.92 Å². The molecule has 0 spiro atoms. The van der Waals surface area contributed by atoms with Crippen LogP contribution < -0.4 is 15.0 Å². The van der Waals surface area contributed by atoms with Crippen molar-refractivity contribution >= 4 is 17.7 Å². The minimum absolute atomic E-state index is 0.0430. The Labute approximate surface area is 178 Å². The summed E-state index contributed by atoms with van der Waals surface area (Å²) in [6.45, 7) is 6.37. The molecule has 8 nitrogen and oxygen atoms in total. The van der Waals surface area contributed by atoms with E-state index in [2.05, 4.69) is 16.0 Å². The molecule has 1 aromatic heterocycles. The second-order valence-electron chi connectivity index (χ2n) is 7.94. The zero-order chi connectivity index (χ0) is 20.7. The van der Waals surface area contributed by atoms with Crippen LogP contribution in [0, 0.1) is 12.8 Å². The molecule has 3 aliphatic rings. The number of fused-ring (bicyclic) bond motifs is 2. The highest BCUT2D eigenvalue weighted by Crippen LogP contribution is 2.33. The van der Waals surface area contributed by atoms with Crippen molar-refractivity contribution in [2.45, 2.75) is 25.2 Å². The van der Waals surface area contributed by atoms with Gasteiger partial charge in [0.1, 0.15) is 0 Å². The third-order valence-electron chi connectivity index (χ3n) is 5.87. The van der Waals surface area contributed by atoms with Gasteiger partial charge in [-0.1, -0.05) is 17.8 Å². The zero-order valence-electron chi connectivity index (χ0n) is 16.9. The maximum atomic E-state index is 13.1. The van der Waals surface area contributed by atoms with Crippen LogP contribution in [0.15, 0.2) is 34.3 Å². The SMILES string of the molecule is Cc1cnc2n(c1=O)CC(C(=O)N1CCN(Cc3ccc4c(c3)OCO4)CC1)CS2. The number of hydrogen-bond donors (Lipinski definition) is 0. The van der Waals surface area contributed by atoms with Crippen LogP contribution in [0.2, 0.25) is 0 Å². The minimum atomic E-state index is -0.177. The molecule has 1 atom stereocenters. The first kappa shape index (κ1) is 19.4. The molecule has 0 N–H and O–H groups in total. The number of aromatic nitrogens is 2. The predicted molar refractivity (Wildman–Crippen MR) is 112 cm³/mol. The Morgan fingerprint density at radius 2 is 2.00 bits per heavy atom. The van der Waals surface area contributed by atoms with E-state index in [-0.39, 0.29) is 24.2 Å². The molecule has 1 fully saturated rings.